The Balaban J connectivity index is 2.35. The van der Waals surface area contributed by atoms with Crippen LogP contribution in [0.5, 0.6) is 0 Å². The van der Waals surface area contributed by atoms with E-state index >= 15 is 0 Å². The van der Waals surface area contributed by atoms with Gasteiger partial charge in [-0.25, -0.2) is 4.98 Å². The molecule has 2 heterocycles. The van der Waals surface area contributed by atoms with E-state index in [-0.39, 0.29) is 6.04 Å². The van der Waals surface area contributed by atoms with Crippen molar-refractivity contribution in [2.24, 2.45) is 7.05 Å². The minimum absolute atomic E-state index is 0.101. The lowest BCUT2D eigenvalue weighted by Gasteiger charge is -2.19. The molecule has 98 valence electrons. The number of imidazole rings is 1. The topological polar surface area (TPSA) is 47.7 Å². The number of nitrogens with zero attached hydrogens (tertiary/aromatic N) is 4. The predicted octanol–water partition coefficient (Wildman–Crippen LogP) is 1.73. The van der Waals surface area contributed by atoms with Crippen molar-refractivity contribution in [3.05, 3.63) is 36.2 Å². The number of hydrogen-bond donors (Lipinski definition) is 1. The summed E-state index contributed by atoms with van der Waals surface area (Å²) in [6, 6.07) is 2.14. The van der Waals surface area contributed by atoms with Crippen LogP contribution < -0.4 is 5.32 Å². The molecule has 0 spiro atoms. The minimum Gasteiger partial charge on any atom is -0.333 e. The summed E-state index contributed by atoms with van der Waals surface area (Å²) in [6.45, 7) is 6.18. The van der Waals surface area contributed by atoms with Gasteiger partial charge in [0, 0.05) is 32.2 Å². The molecule has 0 saturated carbocycles. The smallest absolute Gasteiger partial charge is 0.132 e. The fourth-order valence-corrected chi connectivity index (χ4v) is 2.21. The maximum absolute atomic E-state index is 4.51. The third-order valence-corrected chi connectivity index (χ3v) is 3.03. The van der Waals surface area contributed by atoms with E-state index < -0.39 is 0 Å². The second-order valence-corrected chi connectivity index (χ2v) is 4.35. The van der Waals surface area contributed by atoms with Crippen LogP contribution in [0.25, 0.3) is 0 Å². The lowest BCUT2D eigenvalue weighted by molar-refractivity contribution is 0.514. The molecule has 0 aliphatic carbocycles. The summed E-state index contributed by atoms with van der Waals surface area (Å²) in [5.41, 5.74) is 1.14. The van der Waals surface area contributed by atoms with Crippen LogP contribution in [0.2, 0.25) is 0 Å². The Morgan fingerprint density at radius 3 is 2.78 bits per heavy atom. The normalized spacial score (nSPS) is 12.8. The lowest BCUT2D eigenvalue weighted by atomic mass is 10.2. The molecule has 0 amide bonds. The van der Waals surface area contributed by atoms with Crippen LogP contribution in [-0.2, 0) is 13.6 Å². The summed E-state index contributed by atoms with van der Waals surface area (Å²) in [6.07, 6.45) is 6.84. The lowest BCUT2D eigenvalue weighted by Crippen LogP contribution is -2.27. The van der Waals surface area contributed by atoms with Crippen molar-refractivity contribution < 1.29 is 0 Å². The van der Waals surface area contributed by atoms with Gasteiger partial charge in [0.1, 0.15) is 11.9 Å². The molecule has 1 unspecified atom stereocenters. The van der Waals surface area contributed by atoms with Crippen LogP contribution in [0.4, 0.5) is 0 Å². The molecule has 2 aromatic rings. The average molecular weight is 247 g/mol. The Labute approximate surface area is 108 Å². The quantitative estimate of drug-likeness (QED) is 0.845. The van der Waals surface area contributed by atoms with Crippen molar-refractivity contribution in [3.63, 3.8) is 0 Å². The third-order valence-electron chi connectivity index (χ3n) is 3.03. The fourth-order valence-electron chi connectivity index (χ4n) is 2.21. The molecular weight excluding hydrogens is 226 g/mol. The molecule has 1 atom stereocenters. The van der Waals surface area contributed by atoms with Gasteiger partial charge < -0.3 is 9.88 Å². The molecule has 0 saturated heterocycles. The maximum atomic E-state index is 4.51. The molecule has 0 aliphatic rings. The second kappa shape index (κ2) is 5.82. The van der Waals surface area contributed by atoms with Crippen LogP contribution in [0.15, 0.2) is 24.7 Å². The van der Waals surface area contributed by atoms with Gasteiger partial charge in [-0.3, -0.25) is 4.68 Å². The molecule has 0 bridgehead atoms. The SMILES string of the molecule is CCCn1ccnc1C(NCC)c1ccnn1C. The van der Waals surface area contributed by atoms with Gasteiger partial charge in [-0.2, -0.15) is 5.10 Å². The van der Waals surface area contributed by atoms with Crippen molar-refractivity contribution in [1.29, 1.82) is 0 Å². The van der Waals surface area contributed by atoms with E-state index in [1.165, 1.54) is 0 Å². The standard InChI is InChI=1S/C13H21N5/c1-4-9-18-10-8-15-13(18)12(14-5-2)11-6-7-16-17(11)3/h6-8,10,12,14H,4-5,9H2,1-3H3. The number of rotatable bonds is 6. The van der Waals surface area contributed by atoms with E-state index in [0.717, 1.165) is 31.0 Å². The molecule has 0 aromatic carbocycles. The number of aryl methyl sites for hydroxylation is 2. The zero-order chi connectivity index (χ0) is 13.0. The fraction of sp³-hybridized carbons (Fsp3) is 0.538. The van der Waals surface area contributed by atoms with Crippen LogP contribution in [0.1, 0.15) is 37.8 Å². The minimum atomic E-state index is 0.101. The molecule has 2 rings (SSSR count). The van der Waals surface area contributed by atoms with E-state index in [1.807, 2.05) is 36.4 Å². The van der Waals surface area contributed by atoms with Gasteiger partial charge in [0.2, 0.25) is 0 Å². The summed E-state index contributed by atoms with van der Waals surface area (Å²) in [4.78, 5) is 4.51. The van der Waals surface area contributed by atoms with Crippen molar-refractivity contribution in [2.45, 2.75) is 32.9 Å². The van der Waals surface area contributed by atoms with Crippen LogP contribution in [-0.4, -0.2) is 25.9 Å². The second-order valence-electron chi connectivity index (χ2n) is 4.35. The summed E-state index contributed by atoms with van der Waals surface area (Å²) in [5.74, 6) is 1.06. The van der Waals surface area contributed by atoms with Crippen molar-refractivity contribution >= 4 is 0 Å². The molecule has 1 N–H and O–H groups in total. The Morgan fingerprint density at radius 1 is 1.33 bits per heavy atom. The Morgan fingerprint density at radius 2 is 2.17 bits per heavy atom. The Kier molecular flexibility index (Phi) is 4.15. The van der Waals surface area contributed by atoms with Gasteiger partial charge in [-0.15, -0.1) is 0 Å². The highest BCUT2D eigenvalue weighted by Gasteiger charge is 2.20. The van der Waals surface area contributed by atoms with Crippen molar-refractivity contribution in [2.75, 3.05) is 6.54 Å². The molecule has 0 aliphatic heterocycles. The molecule has 2 aromatic heterocycles. The van der Waals surface area contributed by atoms with Crippen LogP contribution >= 0.6 is 0 Å². The summed E-state index contributed by atoms with van der Waals surface area (Å²) < 4.78 is 4.11. The van der Waals surface area contributed by atoms with E-state index in [1.54, 1.807) is 0 Å². The first-order valence-corrected chi connectivity index (χ1v) is 6.50. The first-order chi connectivity index (χ1) is 8.77. The van der Waals surface area contributed by atoms with Gasteiger partial charge in [-0.05, 0) is 19.0 Å². The highest BCUT2D eigenvalue weighted by atomic mass is 15.3. The largest absolute Gasteiger partial charge is 0.333 e. The summed E-state index contributed by atoms with van der Waals surface area (Å²) in [5, 5.41) is 7.73. The zero-order valence-corrected chi connectivity index (χ0v) is 11.3. The number of nitrogens with one attached hydrogen (secondary N) is 1. The molecule has 0 radical (unpaired) electrons. The number of hydrogen-bond acceptors (Lipinski definition) is 3. The van der Waals surface area contributed by atoms with Gasteiger partial charge in [0.25, 0.3) is 0 Å². The van der Waals surface area contributed by atoms with Gasteiger partial charge in [-0.1, -0.05) is 13.8 Å². The summed E-state index contributed by atoms with van der Waals surface area (Å²) >= 11 is 0. The van der Waals surface area contributed by atoms with Gasteiger partial charge in [0.15, 0.2) is 0 Å². The highest BCUT2D eigenvalue weighted by Crippen LogP contribution is 2.20. The maximum Gasteiger partial charge on any atom is 0.132 e. The first kappa shape index (κ1) is 12.8. The molecule has 0 fully saturated rings. The van der Waals surface area contributed by atoms with Crippen LogP contribution in [0.3, 0.4) is 0 Å². The monoisotopic (exact) mass is 247 g/mol. The van der Waals surface area contributed by atoms with Crippen molar-refractivity contribution in [1.82, 2.24) is 24.6 Å². The number of aromatic nitrogens is 4. The van der Waals surface area contributed by atoms with Crippen molar-refractivity contribution in [3.8, 4) is 0 Å². The molecule has 5 heteroatoms. The zero-order valence-electron chi connectivity index (χ0n) is 11.3. The Bertz CT molecular complexity index is 485. The Hall–Kier alpha value is -1.62. The van der Waals surface area contributed by atoms with E-state index in [0.29, 0.717) is 0 Å². The van der Waals surface area contributed by atoms with Gasteiger partial charge in [0.05, 0.1) is 5.69 Å². The van der Waals surface area contributed by atoms with Gasteiger partial charge >= 0.3 is 0 Å². The highest BCUT2D eigenvalue weighted by molar-refractivity contribution is 5.17. The van der Waals surface area contributed by atoms with Crippen LogP contribution in [0, 0.1) is 0 Å². The van der Waals surface area contributed by atoms with E-state index in [9.17, 15) is 0 Å². The molecule has 5 nitrogen and oxygen atoms in total. The van der Waals surface area contributed by atoms with E-state index in [2.05, 4.69) is 33.8 Å². The molecular formula is C13H21N5. The average Bonchev–Trinajstić information content (AvgIpc) is 2.96. The first-order valence-electron chi connectivity index (χ1n) is 6.50. The third kappa shape index (κ3) is 2.46. The predicted molar refractivity (Wildman–Crippen MR) is 71.2 cm³/mol. The van der Waals surface area contributed by atoms with E-state index in [4.69, 9.17) is 0 Å². The molecule has 18 heavy (non-hydrogen) atoms. The summed E-state index contributed by atoms with van der Waals surface area (Å²) in [7, 11) is 1.97.